The number of H-pyrrole nitrogens is 1. The molecule has 0 radical (unpaired) electrons. The minimum absolute atomic E-state index is 0.119. The second-order valence-corrected chi connectivity index (χ2v) is 4.20. The second-order valence-electron chi connectivity index (χ2n) is 4.20. The zero-order valence-corrected chi connectivity index (χ0v) is 9.74. The first kappa shape index (κ1) is 11.9. The van der Waals surface area contributed by atoms with Gasteiger partial charge in [-0.1, -0.05) is 12.8 Å². The molecule has 0 unspecified atom stereocenters. The van der Waals surface area contributed by atoms with Crippen molar-refractivity contribution in [1.82, 2.24) is 9.97 Å². The standard InChI is InChI=1S/C11H18N4O2/c12-9-10(14-7-15-11(9)16)13-5-6-17-8-3-1-2-4-8/h7-8H,1-6,12H2,(H2,13,14,15,16). The molecule has 2 rings (SSSR count). The molecule has 1 aliphatic rings. The number of nitrogens with two attached hydrogens (primary N) is 1. The van der Waals surface area contributed by atoms with Gasteiger partial charge in [0, 0.05) is 6.54 Å². The maximum Gasteiger partial charge on any atom is 0.276 e. The molecular formula is C11H18N4O2. The lowest BCUT2D eigenvalue weighted by Gasteiger charge is -2.12. The maximum atomic E-state index is 11.2. The number of hydrogen-bond donors (Lipinski definition) is 3. The summed E-state index contributed by atoms with van der Waals surface area (Å²) in [6.45, 7) is 1.22. The van der Waals surface area contributed by atoms with Crippen molar-refractivity contribution < 1.29 is 4.74 Å². The van der Waals surface area contributed by atoms with Gasteiger partial charge in [-0.15, -0.1) is 0 Å². The molecular weight excluding hydrogens is 220 g/mol. The van der Waals surface area contributed by atoms with E-state index in [1.807, 2.05) is 0 Å². The van der Waals surface area contributed by atoms with Gasteiger partial charge in [-0.3, -0.25) is 4.79 Å². The van der Waals surface area contributed by atoms with E-state index in [1.165, 1.54) is 19.2 Å². The zero-order chi connectivity index (χ0) is 12.1. The fraction of sp³-hybridized carbons (Fsp3) is 0.636. The summed E-state index contributed by atoms with van der Waals surface area (Å²) < 4.78 is 5.68. The van der Waals surface area contributed by atoms with Crippen LogP contribution in [0.15, 0.2) is 11.1 Å². The van der Waals surface area contributed by atoms with E-state index in [0.29, 0.717) is 25.1 Å². The topological polar surface area (TPSA) is 93.0 Å². The lowest BCUT2D eigenvalue weighted by Crippen LogP contribution is -2.20. The number of aromatic amines is 1. The predicted octanol–water partition coefficient (Wildman–Crippen LogP) is 0.723. The van der Waals surface area contributed by atoms with Crippen LogP contribution in [-0.4, -0.2) is 29.2 Å². The maximum absolute atomic E-state index is 11.2. The van der Waals surface area contributed by atoms with Crippen LogP contribution >= 0.6 is 0 Å². The Bertz CT molecular complexity index is 412. The molecule has 0 bridgehead atoms. The molecule has 1 heterocycles. The van der Waals surface area contributed by atoms with Crippen LogP contribution in [0.5, 0.6) is 0 Å². The number of ether oxygens (including phenoxy) is 1. The molecule has 0 spiro atoms. The molecule has 0 aliphatic heterocycles. The number of nitrogen functional groups attached to an aromatic ring is 1. The first-order chi connectivity index (χ1) is 8.27. The van der Waals surface area contributed by atoms with Gasteiger partial charge in [0.1, 0.15) is 5.69 Å². The van der Waals surface area contributed by atoms with E-state index in [1.54, 1.807) is 0 Å². The summed E-state index contributed by atoms with van der Waals surface area (Å²) in [7, 11) is 0. The van der Waals surface area contributed by atoms with Gasteiger partial charge in [-0.25, -0.2) is 4.98 Å². The van der Waals surface area contributed by atoms with E-state index in [0.717, 1.165) is 12.8 Å². The highest BCUT2D eigenvalue weighted by molar-refractivity contribution is 5.58. The lowest BCUT2D eigenvalue weighted by atomic mass is 10.3. The molecule has 0 aromatic carbocycles. The Hall–Kier alpha value is -1.56. The van der Waals surface area contributed by atoms with Crippen molar-refractivity contribution in [3.05, 3.63) is 16.7 Å². The van der Waals surface area contributed by atoms with Crippen LogP contribution in [0.3, 0.4) is 0 Å². The van der Waals surface area contributed by atoms with Crippen LogP contribution in [0, 0.1) is 0 Å². The van der Waals surface area contributed by atoms with Gasteiger partial charge in [0.2, 0.25) is 0 Å². The normalized spacial score (nSPS) is 16.2. The summed E-state index contributed by atoms with van der Waals surface area (Å²) in [6.07, 6.45) is 6.58. The summed E-state index contributed by atoms with van der Waals surface area (Å²) in [5.74, 6) is 0.420. The molecule has 17 heavy (non-hydrogen) atoms. The molecule has 1 fully saturated rings. The first-order valence-electron chi connectivity index (χ1n) is 5.96. The Morgan fingerprint density at radius 2 is 2.29 bits per heavy atom. The van der Waals surface area contributed by atoms with E-state index >= 15 is 0 Å². The van der Waals surface area contributed by atoms with Crippen molar-refractivity contribution >= 4 is 11.5 Å². The number of nitrogens with zero attached hydrogens (tertiary/aromatic N) is 1. The van der Waals surface area contributed by atoms with Gasteiger partial charge in [0.25, 0.3) is 5.56 Å². The number of rotatable bonds is 5. The van der Waals surface area contributed by atoms with Crippen molar-refractivity contribution in [2.75, 3.05) is 24.2 Å². The summed E-state index contributed by atoms with van der Waals surface area (Å²) in [4.78, 5) is 17.6. The van der Waals surface area contributed by atoms with E-state index in [2.05, 4.69) is 15.3 Å². The molecule has 6 nitrogen and oxygen atoms in total. The molecule has 0 amide bonds. The number of hydrogen-bond acceptors (Lipinski definition) is 5. The van der Waals surface area contributed by atoms with Crippen molar-refractivity contribution in [2.45, 2.75) is 31.8 Å². The third kappa shape index (κ3) is 3.20. The summed E-state index contributed by atoms with van der Waals surface area (Å²) in [5, 5.41) is 3.00. The lowest BCUT2D eigenvalue weighted by molar-refractivity contribution is 0.0659. The second kappa shape index (κ2) is 5.67. The average molecular weight is 238 g/mol. The Balaban J connectivity index is 1.74. The third-order valence-corrected chi connectivity index (χ3v) is 2.94. The smallest absolute Gasteiger partial charge is 0.276 e. The fourth-order valence-corrected chi connectivity index (χ4v) is 2.00. The van der Waals surface area contributed by atoms with Crippen LogP contribution in [-0.2, 0) is 4.74 Å². The molecule has 0 saturated heterocycles. The highest BCUT2D eigenvalue weighted by Crippen LogP contribution is 2.20. The van der Waals surface area contributed by atoms with Crippen molar-refractivity contribution in [2.24, 2.45) is 0 Å². The fourth-order valence-electron chi connectivity index (χ4n) is 2.00. The zero-order valence-electron chi connectivity index (χ0n) is 9.74. The Morgan fingerprint density at radius 1 is 1.53 bits per heavy atom. The van der Waals surface area contributed by atoms with Crippen LogP contribution in [0.1, 0.15) is 25.7 Å². The third-order valence-electron chi connectivity index (χ3n) is 2.94. The molecule has 1 aliphatic carbocycles. The highest BCUT2D eigenvalue weighted by Gasteiger charge is 2.14. The van der Waals surface area contributed by atoms with E-state index < -0.39 is 0 Å². The highest BCUT2D eigenvalue weighted by atomic mass is 16.5. The molecule has 6 heteroatoms. The van der Waals surface area contributed by atoms with Crippen LogP contribution in [0.25, 0.3) is 0 Å². The summed E-state index contributed by atoms with van der Waals surface area (Å²) in [6, 6.07) is 0. The minimum atomic E-state index is -0.320. The number of anilines is 2. The summed E-state index contributed by atoms with van der Waals surface area (Å²) in [5.41, 5.74) is 5.38. The van der Waals surface area contributed by atoms with Gasteiger partial charge in [0.15, 0.2) is 5.82 Å². The average Bonchev–Trinajstić information content (AvgIpc) is 2.83. The molecule has 94 valence electrons. The quantitative estimate of drug-likeness (QED) is 0.657. The van der Waals surface area contributed by atoms with Gasteiger partial charge in [-0.2, -0.15) is 0 Å². The largest absolute Gasteiger partial charge is 0.391 e. The molecule has 4 N–H and O–H groups in total. The van der Waals surface area contributed by atoms with Crippen molar-refractivity contribution in [1.29, 1.82) is 0 Å². The SMILES string of the molecule is Nc1c(NCCOC2CCCC2)nc[nH]c1=O. The first-order valence-corrected chi connectivity index (χ1v) is 5.96. The molecule has 0 atom stereocenters. The Morgan fingerprint density at radius 3 is 3.06 bits per heavy atom. The monoisotopic (exact) mass is 238 g/mol. The van der Waals surface area contributed by atoms with Crippen LogP contribution < -0.4 is 16.6 Å². The van der Waals surface area contributed by atoms with Crippen molar-refractivity contribution in [3.8, 4) is 0 Å². The van der Waals surface area contributed by atoms with Crippen LogP contribution in [0.2, 0.25) is 0 Å². The molecule has 1 aromatic heterocycles. The number of nitrogens with one attached hydrogen (secondary N) is 2. The molecule has 1 saturated carbocycles. The Kier molecular flexibility index (Phi) is 3.98. The predicted molar refractivity (Wildman–Crippen MR) is 66.0 cm³/mol. The van der Waals surface area contributed by atoms with Gasteiger partial charge in [0.05, 0.1) is 19.0 Å². The van der Waals surface area contributed by atoms with Crippen molar-refractivity contribution in [3.63, 3.8) is 0 Å². The van der Waals surface area contributed by atoms with Gasteiger partial charge in [-0.05, 0) is 12.8 Å². The van der Waals surface area contributed by atoms with E-state index in [-0.39, 0.29) is 11.2 Å². The molecule has 1 aromatic rings. The number of aromatic nitrogens is 2. The Labute approximate surface area is 99.6 Å². The minimum Gasteiger partial charge on any atom is -0.391 e. The van der Waals surface area contributed by atoms with Crippen LogP contribution in [0.4, 0.5) is 11.5 Å². The van der Waals surface area contributed by atoms with E-state index in [4.69, 9.17) is 10.5 Å². The summed E-state index contributed by atoms with van der Waals surface area (Å²) >= 11 is 0. The van der Waals surface area contributed by atoms with Gasteiger partial charge >= 0.3 is 0 Å². The van der Waals surface area contributed by atoms with E-state index in [9.17, 15) is 4.79 Å². The van der Waals surface area contributed by atoms with Gasteiger partial charge < -0.3 is 20.8 Å².